The Balaban J connectivity index is 0.852. The molecule has 12 rings (SSSR count). The van der Waals surface area contributed by atoms with Gasteiger partial charge >= 0.3 is 0 Å². The molecule has 0 spiro atoms. The molecular formula is C66H47N5. The lowest BCUT2D eigenvalue weighted by atomic mass is 9.98. The van der Waals surface area contributed by atoms with Gasteiger partial charge in [0.2, 0.25) is 0 Å². The molecule has 5 nitrogen and oxygen atoms in total. The van der Waals surface area contributed by atoms with Crippen molar-refractivity contribution in [1.29, 1.82) is 0 Å². The van der Waals surface area contributed by atoms with Crippen molar-refractivity contribution in [2.24, 2.45) is 0 Å². The van der Waals surface area contributed by atoms with Crippen molar-refractivity contribution < 1.29 is 0 Å². The van der Waals surface area contributed by atoms with Gasteiger partial charge in [0.25, 0.3) is 0 Å². The summed E-state index contributed by atoms with van der Waals surface area (Å²) in [6, 6.07) is 87.7. The Morgan fingerprint density at radius 3 is 0.704 bits per heavy atom. The van der Waals surface area contributed by atoms with Crippen LogP contribution in [0.3, 0.4) is 0 Å². The molecule has 5 heteroatoms. The molecule has 0 saturated carbocycles. The van der Waals surface area contributed by atoms with Gasteiger partial charge in [-0.1, -0.05) is 199 Å². The van der Waals surface area contributed by atoms with Crippen LogP contribution in [0.4, 0.5) is 17.1 Å². The third kappa shape index (κ3) is 8.73. The lowest BCUT2D eigenvalue weighted by molar-refractivity contribution is 1.28. The second-order valence-corrected chi connectivity index (χ2v) is 18.0. The predicted molar refractivity (Wildman–Crippen MR) is 295 cm³/mol. The molecule has 2 aromatic heterocycles. The van der Waals surface area contributed by atoms with Crippen molar-refractivity contribution in [3.8, 4) is 78.4 Å². The summed E-state index contributed by atoms with van der Waals surface area (Å²) in [5.74, 6) is 0. The van der Waals surface area contributed by atoms with Crippen molar-refractivity contribution in [1.82, 2.24) is 19.9 Å². The second-order valence-electron chi connectivity index (χ2n) is 18.0. The SMILES string of the molecule is Cc1ccc(-c2nc3ccccc3nc2-c2ccc(-c3ccc(N(c4ccc(-c5ccccc5)cc4)c4ccc(-c5ccc(-c6nc7ccccc7nc6-c6ccc(C)cc6)cc5)cc4)cc3)cc2)cc1. The van der Waals surface area contributed by atoms with Crippen LogP contribution < -0.4 is 4.90 Å². The van der Waals surface area contributed by atoms with Gasteiger partial charge in [-0.3, -0.25) is 0 Å². The van der Waals surface area contributed by atoms with Crippen LogP contribution in [0.2, 0.25) is 0 Å². The summed E-state index contributed by atoms with van der Waals surface area (Å²) in [5.41, 5.74) is 23.6. The number of fused-ring (bicyclic) bond motifs is 2. The number of hydrogen-bond donors (Lipinski definition) is 0. The highest BCUT2D eigenvalue weighted by Gasteiger charge is 2.18. The number of nitrogens with zero attached hydrogens (tertiary/aromatic N) is 5. The number of aryl methyl sites for hydroxylation is 2. The zero-order chi connectivity index (χ0) is 47.7. The number of aromatic nitrogens is 4. The maximum atomic E-state index is 5.15. The summed E-state index contributed by atoms with van der Waals surface area (Å²) >= 11 is 0. The number of rotatable bonds is 10. The maximum absolute atomic E-state index is 5.15. The van der Waals surface area contributed by atoms with E-state index in [4.69, 9.17) is 19.9 Å². The van der Waals surface area contributed by atoms with Gasteiger partial charge in [-0.25, -0.2) is 19.9 Å². The summed E-state index contributed by atoms with van der Waals surface area (Å²) in [4.78, 5) is 22.8. The largest absolute Gasteiger partial charge is 0.311 e. The summed E-state index contributed by atoms with van der Waals surface area (Å²) in [5, 5.41) is 0. The van der Waals surface area contributed by atoms with Crippen LogP contribution in [0.1, 0.15) is 11.1 Å². The quantitative estimate of drug-likeness (QED) is 0.137. The Kier molecular flexibility index (Phi) is 11.3. The fourth-order valence-corrected chi connectivity index (χ4v) is 9.36. The van der Waals surface area contributed by atoms with E-state index in [0.717, 1.165) is 106 Å². The van der Waals surface area contributed by atoms with E-state index in [1.54, 1.807) is 0 Å². The summed E-state index contributed by atoms with van der Waals surface area (Å²) in [6.07, 6.45) is 0. The molecule has 0 saturated heterocycles. The van der Waals surface area contributed by atoms with Crippen LogP contribution in [-0.4, -0.2) is 19.9 Å². The van der Waals surface area contributed by atoms with Gasteiger partial charge in [0, 0.05) is 39.3 Å². The van der Waals surface area contributed by atoms with E-state index in [0.29, 0.717) is 0 Å². The van der Waals surface area contributed by atoms with E-state index in [2.05, 4.69) is 219 Å². The van der Waals surface area contributed by atoms with E-state index in [1.807, 2.05) is 48.5 Å². The highest BCUT2D eigenvalue weighted by atomic mass is 15.1. The monoisotopic (exact) mass is 909 g/mol. The normalized spacial score (nSPS) is 11.2. The third-order valence-corrected chi connectivity index (χ3v) is 13.3. The van der Waals surface area contributed by atoms with E-state index < -0.39 is 0 Å². The Morgan fingerprint density at radius 1 is 0.211 bits per heavy atom. The van der Waals surface area contributed by atoms with E-state index in [-0.39, 0.29) is 0 Å². The van der Waals surface area contributed by atoms with Gasteiger partial charge in [0.15, 0.2) is 0 Å². The molecule has 0 fully saturated rings. The van der Waals surface area contributed by atoms with Crippen LogP contribution >= 0.6 is 0 Å². The summed E-state index contributed by atoms with van der Waals surface area (Å²) < 4.78 is 0. The van der Waals surface area contributed by atoms with Gasteiger partial charge in [0.05, 0.1) is 44.8 Å². The number of hydrogen-bond acceptors (Lipinski definition) is 5. The number of anilines is 3. The standard InChI is InChI=1S/C66H47N5/c1-44-16-20-52(21-17-44)63-65(69-61-14-8-6-12-59(61)67-63)54-28-24-47(25-29-54)50-34-40-57(41-35-50)71(56-38-32-49(33-39-56)46-10-4-3-5-11-46)58-42-36-51(37-43-58)48-26-30-55(31-27-48)66-64(53-22-18-45(2)19-23-53)68-60-13-7-9-15-62(60)70-66/h3-43H,1-2H3. The molecule has 0 aliphatic carbocycles. The van der Waals surface area contributed by atoms with Crippen LogP contribution in [-0.2, 0) is 0 Å². The van der Waals surface area contributed by atoms with Gasteiger partial charge < -0.3 is 4.90 Å². The number of para-hydroxylation sites is 4. The van der Waals surface area contributed by atoms with E-state index in [9.17, 15) is 0 Å². The highest BCUT2D eigenvalue weighted by Crippen LogP contribution is 2.39. The van der Waals surface area contributed by atoms with Crippen molar-refractivity contribution in [2.45, 2.75) is 13.8 Å². The topological polar surface area (TPSA) is 54.8 Å². The van der Waals surface area contributed by atoms with E-state index in [1.165, 1.54) is 22.3 Å². The van der Waals surface area contributed by atoms with Crippen molar-refractivity contribution in [3.63, 3.8) is 0 Å². The van der Waals surface area contributed by atoms with Crippen LogP contribution in [0.15, 0.2) is 249 Å². The van der Waals surface area contributed by atoms with Gasteiger partial charge in [-0.2, -0.15) is 0 Å². The summed E-state index contributed by atoms with van der Waals surface area (Å²) in [7, 11) is 0. The molecule has 336 valence electrons. The Hall–Kier alpha value is -9.32. The first kappa shape index (κ1) is 43.0. The van der Waals surface area contributed by atoms with E-state index >= 15 is 0 Å². The van der Waals surface area contributed by atoms with Gasteiger partial charge in [-0.15, -0.1) is 0 Å². The number of benzene rings is 10. The lowest BCUT2D eigenvalue weighted by Crippen LogP contribution is -2.09. The Labute approximate surface area is 414 Å². The first-order chi connectivity index (χ1) is 35.0. The molecule has 12 aromatic rings. The highest BCUT2D eigenvalue weighted by molar-refractivity contribution is 5.89. The third-order valence-electron chi connectivity index (χ3n) is 13.3. The maximum Gasteiger partial charge on any atom is 0.0973 e. The molecule has 10 aromatic carbocycles. The second kappa shape index (κ2) is 18.6. The van der Waals surface area contributed by atoms with Crippen molar-refractivity contribution in [2.75, 3.05) is 4.90 Å². The van der Waals surface area contributed by atoms with Crippen LogP contribution in [0.25, 0.3) is 100 Å². The molecule has 0 unspecified atom stereocenters. The van der Waals surface area contributed by atoms with Crippen molar-refractivity contribution in [3.05, 3.63) is 260 Å². The Bertz CT molecular complexity index is 3600. The molecule has 0 bridgehead atoms. The molecule has 2 heterocycles. The first-order valence-electron chi connectivity index (χ1n) is 24.0. The van der Waals surface area contributed by atoms with Crippen molar-refractivity contribution >= 4 is 39.1 Å². The minimum Gasteiger partial charge on any atom is -0.311 e. The fraction of sp³-hybridized carbons (Fsp3) is 0.0303. The van der Waals surface area contributed by atoms with Gasteiger partial charge in [0.1, 0.15) is 0 Å². The molecular weight excluding hydrogens is 863 g/mol. The minimum atomic E-state index is 0.870. The summed E-state index contributed by atoms with van der Waals surface area (Å²) in [6.45, 7) is 4.21. The molecule has 0 aliphatic rings. The molecule has 0 aliphatic heterocycles. The lowest BCUT2D eigenvalue weighted by Gasteiger charge is -2.26. The molecule has 71 heavy (non-hydrogen) atoms. The van der Waals surface area contributed by atoms with Crippen LogP contribution in [0, 0.1) is 13.8 Å². The molecule has 0 atom stereocenters. The Morgan fingerprint density at radius 2 is 0.423 bits per heavy atom. The van der Waals surface area contributed by atoms with Gasteiger partial charge in [-0.05, 0) is 108 Å². The zero-order valence-corrected chi connectivity index (χ0v) is 39.4. The first-order valence-corrected chi connectivity index (χ1v) is 24.0. The molecule has 0 N–H and O–H groups in total. The smallest absolute Gasteiger partial charge is 0.0973 e. The average molecular weight is 910 g/mol. The molecule has 0 amide bonds. The predicted octanol–water partition coefficient (Wildman–Crippen LogP) is 17.3. The minimum absolute atomic E-state index is 0.870. The average Bonchev–Trinajstić information content (AvgIpc) is 3.44. The zero-order valence-electron chi connectivity index (χ0n) is 39.4. The fourth-order valence-electron chi connectivity index (χ4n) is 9.36. The molecule has 0 radical (unpaired) electrons. The van der Waals surface area contributed by atoms with Crippen LogP contribution in [0.5, 0.6) is 0 Å².